The van der Waals surface area contributed by atoms with E-state index in [2.05, 4.69) is 58.1 Å². The number of piperidine rings is 1. The highest BCUT2D eigenvalue weighted by molar-refractivity contribution is 5.91. The second kappa shape index (κ2) is 8.89. The fraction of sp³-hybridized carbons (Fsp3) is 0.414. The number of aryl methyl sites for hydroxylation is 1. The van der Waals surface area contributed by atoms with Crippen LogP contribution in [-0.2, 0) is 18.4 Å². The largest absolute Gasteiger partial charge is 0.465 e. The van der Waals surface area contributed by atoms with E-state index in [9.17, 15) is 9.90 Å². The number of nitrogens with zero attached hydrogens (tertiary/aromatic N) is 5. The van der Waals surface area contributed by atoms with Crippen LogP contribution in [0.1, 0.15) is 54.5 Å². The number of carbonyl (C=O) groups is 1. The Morgan fingerprint density at radius 1 is 1.11 bits per heavy atom. The molecule has 7 heteroatoms. The Kier molecular flexibility index (Phi) is 5.67. The molecule has 186 valence electrons. The Morgan fingerprint density at radius 3 is 2.64 bits per heavy atom. The van der Waals surface area contributed by atoms with Crippen LogP contribution < -0.4 is 9.80 Å². The number of carboxylic acid groups (broad SMARTS) is 1. The van der Waals surface area contributed by atoms with Crippen molar-refractivity contribution in [2.45, 2.75) is 50.5 Å². The summed E-state index contributed by atoms with van der Waals surface area (Å²) in [6.45, 7) is 5.99. The molecule has 2 aliphatic heterocycles. The van der Waals surface area contributed by atoms with Crippen LogP contribution >= 0.6 is 0 Å². The van der Waals surface area contributed by atoms with Gasteiger partial charge in [0.15, 0.2) is 0 Å². The molecule has 3 aliphatic rings. The van der Waals surface area contributed by atoms with Crippen molar-refractivity contribution < 1.29 is 9.90 Å². The molecule has 1 aromatic heterocycles. The van der Waals surface area contributed by atoms with E-state index in [1.54, 1.807) is 13.4 Å². The summed E-state index contributed by atoms with van der Waals surface area (Å²) in [6.07, 6.45) is 4.83. The van der Waals surface area contributed by atoms with Crippen molar-refractivity contribution in [2.75, 3.05) is 36.5 Å². The fourth-order valence-corrected chi connectivity index (χ4v) is 6.56. The van der Waals surface area contributed by atoms with Gasteiger partial charge in [-0.25, -0.2) is 14.8 Å². The van der Waals surface area contributed by atoms with Gasteiger partial charge in [0.25, 0.3) is 0 Å². The van der Waals surface area contributed by atoms with E-state index in [1.807, 2.05) is 12.1 Å². The predicted octanol–water partition coefficient (Wildman–Crippen LogP) is 5.33. The molecule has 3 aromatic rings. The molecule has 6 rings (SSSR count). The van der Waals surface area contributed by atoms with Crippen LogP contribution in [0.4, 0.5) is 22.0 Å². The van der Waals surface area contributed by atoms with Crippen molar-refractivity contribution in [3.05, 3.63) is 77.2 Å². The van der Waals surface area contributed by atoms with Gasteiger partial charge in [0, 0.05) is 48.1 Å². The minimum Gasteiger partial charge on any atom is -0.465 e. The first-order chi connectivity index (χ1) is 17.5. The van der Waals surface area contributed by atoms with Crippen molar-refractivity contribution in [2.24, 2.45) is 0 Å². The molecular formula is C29H33N5O2. The highest BCUT2D eigenvalue weighted by Gasteiger charge is 2.48. The average molecular weight is 484 g/mol. The minimum atomic E-state index is -0.935. The summed E-state index contributed by atoms with van der Waals surface area (Å²) in [5, 5.41) is 9.89. The standard InChI is InChI=1S/C29H33N5O2/c1-20-11-12-22-25(20)27(31-19-30-22)34-18-29(26-23(32(2)28(35)36)9-6-10-24(26)34)13-15-33(16-14-29)17-21-7-4-3-5-8-21/h3-10,19-20H,11-18H2,1-2H3,(H,35,36). The van der Waals surface area contributed by atoms with Gasteiger partial charge in [-0.3, -0.25) is 9.80 Å². The number of fused-ring (bicyclic) bond motifs is 3. The zero-order chi connectivity index (χ0) is 24.9. The van der Waals surface area contributed by atoms with E-state index in [0.29, 0.717) is 5.92 Å². The summed E-state index contributed by atoms with van der Waals surface area (Å²) < 4.78 is 0. The molecule has 36 heavy (non-hydrogen) atoms. The van der Waals surface area contributed by atoms with E-state index in [1.165, 1.54) is 16.0 Å². The van der Waals surface area contributed by atoms with Crippen LogP contribution in [0.3, 0.4) is 0 Å². The molecule has 1 fully saturated rings. The van der Waals surface area contributed by atoms with Gasteiger partial charge in [-0.15, -0.1) is 0 Å². The second-order valence-electron chi connectivity index (χ2n) is 10.6. The Labute approximate surface area is 212 Å². The Morgan fingerprint density at radius 2 is 1.89 bits per heavy atom. The molecule has 1 aliphatic carbocycles. The van der Waals surface area contributed by atoms with Crippen LogP contribution in [-0.4, -0.2) is 52.7 Å². The first kappa shape index (κ1) is 23.0. The predicted molar refractivity (Wildman–Crippen MR) is 141 cm³/mol. The van der Waals surface area contributed by atoms with Crippen LogP contribution in [0.2, 0.25) is 0 Å². The first-order valence-electron chi connectivity index (χ1n) is 12.9. The van der Waals surface area contributed by atoms with Crippen molar-refractivity contribution >= 4 is 23.3 Å². The number of rotatable bonds is 4. The molecule has 2 aromatic carbocycles. The van der Waals surface area contributed by atoms with E-state index in [0.717, 1.165) is 80.3 Å². The van der Waals surface area contributed by atoms with Gasteiger partial charge >= 0.3 is 6.09 Å². The quantitative estimate of drug-likeness (QED) is 0.541. The van der Waals surface area contributed by atoms with Gasteiger partial charge in [-0.2, -0.15) is 0 Å². The van der Waals surface area contributed by atoms with Crippen LogP contribution in [0.25, 0.3) is 0 Å². The maximum Gasteiger partial charge on any atom is 0.411 e. The second-order valence-corrected chi connectivity index (χ2v) is 10.6. The minimum absolute atomic E-state index is 0.123. The lowest BCUT2D eigenvalue weighted by Crippen LogP contribution is -2.45. The highest BCUT2D eigenvalue weighted by Crippen LogP contribution is 2.54. The van der Waals surface area contributed by atoms with Crippen LogP contribution in [0.5, 0.6) is 0 Å². The maximum atomic E-state index is 12.1. The molecule has 1 N–H and O–H groups in total. The molecule has 1 saturated heterocycles. The van der Waals surface area contributed by atoms with E-state index in [-0.39, 0.29) is 5.41 Å². The lowest BCUT2D eigenvalue weighted by Gasteiger charge is -2.41. The maximum absolute atomic E-state index is 12.1. The third-order valence-electron chi connectivity index (χ3n) is 8.52. The van der Waals surface area contributed by atoms with Gasteiger partial charge in [-0.1, -0.05) is 43.3 Å². The number of aromatic nitrogens is 2. The van der Waals surface area contributed by atoms with Crippen LogP contribution in [0.15, 0.2) is 54.9 Å². The van der Waals surface area contributed by atoms with Gasteiger partial charge in [-0.05, 0) is 62.4 Å². The number of anilines is 3. The molecule has 0 bridgehead atoms. The van der Waals surface area contributed by atoms with Gasteiger partial charge < -0.3 is 10.0 Å². The Bertz CT molecular complexity index is 1290. The van der Waals surface area contributed by atoms with Crippen molar-refractivity contribution in [1.29, 1.82) is 0 Å². The van der Waals surface area contributed by atoms with Gasteiger partial charge in [0.1, 0.15) is 12.1 Å². The zero-order valence-electron chi connectivity index (χ0n) is 21.0. The third kappa shape index (κ3) is 3.73. The van der Waals surface area contributed by atoms with E-state index >= 15 is 0 Å². The SMILES string of the molecule is CC1CCc2ncnc(N3CC4(CCN(Cc5ccccc5)CC4)c4c(N(C)C(=O)O)cccc43)c21. The average Bonchev–Trinajstić information content (AvgIpc) is 3.44. The van der Waals surface area contributed by atoms with E-state index in [4.69, 9.17) is 4.98 Å². The third-order valence-corrected chi connectivity index (χ3v) is 8.52. The summed E-state index contributed by atoms with van der Waals surface area (Å²) >= 11 is 0. The lowest BCUT2D eigenvalue weighted by molar-refractivity contribution is 0.160. The molecule has 0 radical (unpaired) electrons. The summed E-state index contributed by atoms with van der Waals surface area (Å²) in [5.74, 6) is 1.43. The number of amides is 1. The van der Waals surface area contributed by atoms with Crippen molar-refractivity contribution in [1.82, 2.24) is 14.9 Å². The van der Waals surface area contributed by atoms with Gasteiger partial charge in [0.2, 0.25) is 0 Å². The Hall–Kier alpha value is -3.45. The molecular weight excluding hydrogens is 450 g/mol. The molecule has 1 amide bonds. The van der Waals surface area contributed by atoms with Crippen LogP contribution in [0, 0.1) is 0 Å². The van der Waals surface area contributed by atoms with Crippen molar-refractivity contribution in [3.63, 3.8) is 0 Å². The highest BCUT2D eigenvalue weighted by atomic mass is 16.4. The number of likely N-dealkylation sites (tertiary alicyclic amines) is 1. The molecule has 1 unspecified atom stereocenters. The lowest BCUT2D eigenvalue weighted by atomic mass is 9.73. The molecule has 3 heterocycles. The smallest absolute Gasteiger partial charge is 0.411 e. The molecule has 0 saturated carbocycles. The summed E-state index contributed by atoms with van der Waals surface area (Å²) in [4.78, 5) is 27.7. The number of hydrogen-bond donors (Lipinski definition) is 1. The van der Waals surface area contributed by atoms with E-state index < -0.39 is 6.09 Å². The molecule has 7 nitrogen and oxygen atoms in total. The summed E-state index contributed by atoms with van der Waals surface area (Å²) in [7, 11) is 1.66. The number of hydrogen-bond acceptors (Lipinski definition) is 5. The summed E-state index contributed by atoms with van der Waals surface area (Å²) in [5.41, 5.74) is 6.68. The molecule has 1 atom stereocenters. The van der Waals surface area contributed by atoms with Crippen molar-refractivity contribution in [3.8, 4) is 0 Å². The summed E-state index contributed by atoms with van der Waals surface area (Å²) in [6, 6.07) is 16.7. The number of benzene rings is 2. The Balaban J connectivity index is 1.39. The zero-order valence-corrected chi connectivity index (χ0v) is 21.0. The monoisotopic (exact) mass is 483 g/mol. The molecule has 1 spiro atoms. The van der Waals surface area contributed by atoms with Gasteiger partial charge in [0.05, 0.1) is 5.69 Å². The normalized spacial score (nSPS) is 20.4. The fourth-order valence-electron chi connectivity index (χ4n) is 6.56. The first-order valence-corrected chi connectivity index (χ1v) is 12.9. The topological polar surface area (TPSA) is 72.8 Å².